The van der Waals surface area contributed by atoms with Gasteiger partial charge in [-0.15, -0.1) is 0 Å². The molecule has 1 aliphatic rings. The zero-order valence-corrected chi connectivity index (χ0v) is 9.60. The highest BCUT2D eigenvalue weighted by Gasteiger charge is 2.38. The molecule has 6 heteroatoms. The van der Waals surface area contributed by atoms with Crippen LogP contribution in [0.5, 0.6) is 0 Å². The molecule has 0 bridgehead atoms. The lowest BCUT2D eigenvalue weighted by Gasteiger charge is -2.38. The highest BCUT2D eigenvalue weighted by atomic mass is 16.6. The van der Waals surface area contributed by atoms with E-state index in [4.69, 9.17) is 9.47 Å². The molecule has 2 N–H and O–H groups in total. The van der Waals surface area contributed by atoms with Crippen molar-refractivity contribution in [3.63, 3.8) is 0 Å². The minimum Gasteiger partial charge on any atom is -0.458 e. The number of hydrogen-bond donors (Lipinski definition) is 2. The van der Waals surface area contributed by atoms with Crippen LogP contribution in [0, 0.1) is 0 Å². The van der Waals surface area contributed by atoms with Gasteiger partial charge < -0.3 is 19.9 Å². The topological polar surface area (TPSA) is 84.9 Å². The molecule has 92 valence electrons. The number of rotatable bonds is 2. The molecule has 0 saturated carbocycles. The molecule has 1 fully saturated rings. The van der Waals surface area contributed by atoms with Gasteiger partial charge in [0.25, 0.3) is 0 Å². The molecule has 1 saturated heterocycles. The second-order valence-electron chi connectivity index (χ2n) is 3.91. The highest BCUT2D eigenvalue weighted by molar-refractivity contribution is 5.73. The molecule has 0 radical (unpaired) electrons. The van der Waals surface area contributed by atoms with E-state index in [1.54, 1.807) is 6.92 Å². The lowest BCUT2D eigenvalue weighted by atomic mass is 9.99. The van der Waals surface area contributed by atoms with Crippen molar-refractivity contribution in [3.8, 4) is 0 Å². The van der Waals surface area contributed by atoms with E-state index in [1.165, 1.54) is 13.8 Å². The maximum atomic E-state index is 11.0. The van der Waals surface area contributed by atoms with Gasteiger partial charge in [-0.1, -0.05) is 0 Å². The summed E-state index contributed by atoms with van der Waals surface area (Å²) in [5, 5.41) is 12.0. The van der Waals surface area contributed by atoms with Crippen molar-refractivity contribution in [2.75, 3.05) is 0 Å². The van der Waals surface area contributed by atoms with Crippen molar-refractivity contribution in [3.05, 3.63) is 0 Å². The molecule has 1 rings (SSSR count). The van der Waals surface area contributed by atoms with Crippen molar-refractivity contribution < 1.29 is 24.2 Å². The largest absolute Gasteiger partial charge is 0.458 e. The summed E-state index contributed by atoms with van der Waals surface area (Å²) in [5.41, 5.74) is 0. The molecule has 1 aliphatic heterocycles. The Bertz CT molecular complexity index is 280. The Morgan fingerprint density at radius 2 is 2.06 bits per heavy atom. The van der Waals surface area contributed by atoms with Gasteiger partial charge in [0.1, 0.15) is 6.10 Å². The molecule has 0 aromatic carbocycles. The Morgan fingerprint density at radius 3 is 2.56 bits per heavy atom. The maximum absolute atomic E-state index is 11.0. The minimum atomic E-state index is -0.946. The van der Waals surface area contributed by atoms with Crippen LogP contribution < -0.4 is 5.32 Å². The molecule has 0 aromatic rings. The van der Waals surface area contributed by atoms with E-state index in [-0.39, 0.29) is 12.3 Å². The monoisotopic (exact) mass is 231 g/mol. The number of esters is 1. The van der Waals surface area contributed by atoms with Crippen LogP contribution in [-0.2, 0) is 19.1 Å². The molecule has 0 spiro atoms. The van der Waals surface area contributed by atoms with Crippen LogP contribution in [0.4, 0.5) is 0 Å². The standard InChI is InChI=1S/C10H17NO5/c1-5-10(16-7(3)13)8(11-6(2)12)4-9(14)15-5/h5,8-10,14H,4H2,1-3H3,(H,11,12)/t5-,8+,9+,10-/m0/s1. The fourth-order valence-electron chi connectivity index (χ4n) is 1.83. The fraction of sp³-hybridized carbons (Fsp3) is 0.800. The molecule has 1 heterocycles. The van der Waals surface area contributed by atoms with Gasteiger partial charge in [-0.05, 0) is 6.92 Å². The van der Waals surface area contributed by atoms with Crippen LogP contribution in [0.1, 0.15) is 27.2 Å². The van der Waals surface area contributed by atoms with Crippen LogP contribution in [-0.4, -0.2) is 41.5 Å². The maximum Gasteiger partial charge on any atom is 0.303 e. The molecule has 1 amide bonds. The van der Waals surface area contributed by atoms with E-state index < -0.39 is 30.5 Å². The van der Waals surface area contributed by atoms with E-state index in [9.17, 15) is 14.7 Å². The predicted octanol–water partition coefficient (Wildman–Crippen LogP) is -0.450. The lowest BCUT2D eigenvalue weighted by Crippen LogP contribution is -2.56. The highest BCUT2D eigenvalue weighted by Crippen LogP contribution is 2.21. The van der Waals surface area contributed by atoms with E-state index in [2.05, 4.69) is 5.32 Å². The average molecular weight is 231 g/mol. The second-order valence-corrected chi connectivity index (χ2v) is 3.91. The minimum absolute atomic E-state index is 0.210. The van der Waals surface area contributed by atoms with Crippen LogP contribution in [0.3, 0.4) is 0 Å². The first-order chi connectivity index (χ1) is 7.40. The molecule has 0 unspecified atom stereocenters. The zero-order chi connectivity index (χ0) is 12.3. The van der Waals surface area contributed by atoms with Crippen LogP contribution >= 0.6 is 0 Å². The number of ether oxygens (including phenoxy) is 2. The normalized spacial score (nSPS) is 34.2. The fourth-order valence-corrected chi connectivity index (χ4v) is 1.83. The van der Waals surface area contributed by atoms with Crippen LogP contribution in [0.15, 0.2) is 0 Å². The third kappa shape index (κ3) is 3.46. The Kier molecular flexibility index (Phi) is 4.26. The van der Waals surface area contributed by atoms with Gasteiger partial charge in [0.15, 0.2) is 6.29 Å². The summed E-state index contributed by atoms with van der Waals surface area (Å²) in [6, 6.07) is -0.417. The smallest absolute Gasteiger partial charge is 0.303 e. The van der Waals surface area contributed by atoms with Crippen molar-refractivity contribution in [1.29, 1.82) is 0 Å². The van der Waals surface area contributed by atoms with Crippen molar-refractivity contribution in [2.45, 2.75) is 51.7 Å². The number of hydrogen-bond acceptors (Lipinski definition) is 5. The van der Waals surface area contributed by atoms with Gasteiger partial charge in [0.05, 0.1) is 12.1 Å². The Hall–Kier alpha value is -1.14. The quantitative estimate of drug-likeness (QED) is 0.629. The van der Waals surface area contributed by atoms with E-state index in [0.29, 0.717) is 0 Å². The number of carbonyl (C=O) groups excluding carboxylic acids is 2. The predicted molar refractivity (Wildman–Crippen MR) is 54.3 cm³/mol. The summed E-state index contributed by atoms with van der Waals surface area (Å²) >= 11 is 0. The van der Waals surface area contributed by atoms with Crippen molar-refractivity contribution >= 4 is 11.9 Å². The van der Waals surface area contributed by atoms with Gasteiger partial charge in [0, 0.05) is 20.3 Å². The van der Waals surface area contributed by atoms with Gasteiger partial charge in [0.2, 0.25) is 5.91 Å². The summed E-state index contributed by atoms with van der Waals surface area (Å²) in [4.78, 5) is 21.9. The van der Waals surface area contributed by atoms with Crippen LogP contribution in [0.25, 0.3) is 0 Å². The molecule has 16 heavy (non-hydrogen) atoms. The Labute approximate surface area is 93.9 Å². The molecular weight excluding hydrogens is 214 g/mol. The van der Waals surface area contributed by atoms with Crippen LogP contribution in [0.2, 0.25) is 0 Å². The SMILES string of the molecule is CC(=O)N[C@@H]1C[C@H](O)O[C@@H](C)[C@@H]1OC(C)=O. The molecule has 6 nitrogen and oxygen atoms in total. The summed E-state index contributed by atoms with van der Waals surface area (Å²) in [5.74, 6) is -0.671. The summed E-state index contributed by atoms with van der Waals surface area (Å²) in [6.45, 7) is 4.35. The summed E-state index contributed by atoms with van der Waals surface area (Å²) in [6.07, 6.45) is -1.75. The number of nitrogens with one attached hydrogen (secondary N) is 1. The molecular formula is C10H17NO5. The number of amides is 1. The average Bonchev–Trinajstić information content (AvgIpc) is 2.09. The first kappa shape index (κ1) is 12.9. The number of aliphatic hydroxyl groups excluding tert-OH is 1. The van der Waals surface area contributed by atoms with Gasteiger partial charge in [-0.3, -0.25) is 9.59 Å². The summed E-state index contributed by atoms with van der Waals surface area (Å²) < 4.78 is 10.2. The first-order valence-corrected chi connectivity index (χ1v) is 5.18. The molecule has 0 aliphatic carbocycles. The summed E-state index contributed by atoms with van der Waals surface area (Å²) in [7, 11) is 0. The number of carbonyl (C=O) groups is 2. The van der Waals surface area contributed by atoms with Gasteiger partial charge in [-0.25, -0.2) is 0 Å². The second kappa shape index (κ2) is 5.27. The zero-order valence-electron chi connectivity index (χ0n) is 9.60. The molecule has 4 atom stereocenters. The van der Waals surface area contributed by atoms with Gasteiger partial charge in [-0.2, -0.15) is 0 Å². The Balaban J connectivity index is 2.71. The third-order valence-electron chi connectivity index (χ3n) is 2.38. The van der Waals surface area contributed by atoms with E-state index in [1.807, 2.05) is 0 Å². The molecule has 0 aromatic heterocycles. The number of aliphatic hydroxyl groups is 1. The Morgan fingerprint density at radius 1 is 1.44 bits per heavy atom. The van der Waals surface area contributed by atoms with Gasteiger partial charge >= 0.3 is 5.97 Å². The third-order valence-corrected chi connectivity index (χ3v) is 2.38. The van der Waals surface area contributed by atoms with Crippen molar-refractivity contribution in [2.24, 2.45) is 0 Å². The van der Waals surface area contributed by atoms with E-state index >= 15 is 0 Å². The first-order valence-electron chi connectivity index (χ1n) is 5.18. The van der Waals surface area contributed by atoms with Crippen molar-refractivity contribution in [1.82, 2.24) is 5.32 Å². The lowest BCUT2D eigenvalue weighted by molar-refractivity contribution is -0.214. The van der Waals surface area contributed by atoms with E-state index in [0.717, 1.165) is 0 Å².